The normalized spacial score (nSPS) is 14.1. The zero-order chi connectivity index (χ0) is 23.3. The minimum atomic E-state index is -0.484. The molecule has 4 aromatic rings. The number of hydrogen-bond donors (Lipinski definition) is 1. The topological polar surface area (TPSA) is 64.9 Å². The molecule has 2 aromatic carbocycles. The van der Waals surface area contributed by atoms with Crippen molar-refractivity contribution in [3.63, 3.8) is 0 Å². The molecule has 1 N–H and O–H groups in total. The molecule has 1 aliphatic rings. The van der Waals surface area contributed by atoms with Gasteiger partial charge >= 0.3 is 5.97 Å². The summed E-state index contributed by atoms with van der Waals surface area (Å²) in [4.78, 5) is 17.2. The monoisotopic (exact) mass is 475 g/mol. The molecule has 0 aliphatic heterocycles. The molecule has 0 unspecified atom stereocenters. The van der Waals surface area contributed by atoms with Gasteiger partial charge in [-0.3, -0.25) is 4.40 Å². The van der Waals surface area contributed by atoms with Crippen molar-refractivity contribution in [3.05, 3.63) is 77.9 Å². The van der Waals surface area contributed by atoms with Crippen LogP contribution in [0.2, 0.25) is 5.02 Å². The maximum Gasteiger partial charge on any atom is 0.349 e. The molecule has 0 amide bonds. The third kappa shape index (κ3) is 5.18. The summed E-state index contributed by atoms with van der Waals surface area (Å²) in [6.07, 6.45) is 8.12. The fourth-order valence-electron chi connectivity index (χ4n) is 4.32. The van der Waals surface area contributed by atoms with Crippen LogP contribution in [0.5, 0.6) is 11.5 Å². The van der Waals surface area contributed by atoms with Crippen LogP contribution in [-0.4, -0.2) is 28.0 Å². The summed E-state index contributed by atoms with van der Waals surface area (Å²) >= 11 is 5.88. The lowest BCUT2D eigenvalue weighted by Crippen LogP contribution is -2.23. The average Bonchev–Trinajstić information content (AvgIpc) is 3.23. The Morgan fingerprint density at radius 3 is 2.65 bits per heavy atom. The van der Waals surface area contributed by atoms with E-state index in [2.05, 4.69) is 9.72 Å². The van der Waals surface area contributed by atoms with Crippen molar-refractivity contribution in [2.45, 2.75) is 38.1 Å². The Morgan fingerprint density at radius 2 is 1.82 bits per heavy atom. The number of esters is 1. The van der Waals surface area contributed by atoms with Crippen molar-refractivity contribution in [2.24, 2.45) is 0 Å². The standard InChI is InChI=1S/C27H26ClN3O3/c28-20-12-14-22(15-13-20)33-18-25(32)34-23-10-6-7-19(17-23)26-27(29-21-8-2-1-3-9-21)31-16-5-4-11-24(31)30-26/h4-7,10-17,21,29H,1-3,8-9,18H2. The van der Waals surface area contributed by atoms with Crippen LogP contribution in [-0.2, 0) is 4.79 Å². The van der Waals surface area contributed by atoms with E-state index in [0.717, 1.165) is 35.6 Å². The Balaban J connectivity index is 1.35. The molecule has 0 bridgehead atoms. The number of imidazole rings is 1. The Labute approximate surface area is 203 Å². The van der Waals surface area contributed by atoms with Gasteiger partial charge in [0.1, 0.15) is 28.7 Å². The van der Waals surface area contributed by atoms with Crippen LogP contribution in [0.1, 0.15) is 32.1 Å². The smallest absolute Gasteiger partial charge is 0.349 e. The maximum atomic E-state index is 12.4. The number of fused-ring (bicyclic) bond motifs is 1. The van der Waals surface area contributed by atoms with Crippen LogP contribution < -0.4 is 14.8 Å². The van der Waals surface area contributed by atoms with Gasteiger partial charge in [0, 0.05) is 22.8 Å². The van der Waals surface area contributed by atoms with Crippen LogP contribution in [0.4, 0.5) is 5.82 Å². The number of carbonyl (C=O) groups excluding carboxylic acids is 1. The summed E-state index contributed by atoms with van der Waals surface area (Å²) < 4.78 is 13.1. The predicted molar refractivity (Wildman–Crippen MR) is 134 cm³/mol. The first-order chi connectivity index (χ1) is 16.7. The number of anilines is 1. The molecule has 0 saturated heterocycles. The third-order valence-electron chi connectivity index (χ3n) is 5.99. The lowest BCUT2D eigenvalue weighted by molar-refractivity contribution is -0.136. The molecule has 6 nitrogen and oxygen atoms in total. The van der Waals surface area contributed by atoms with E-state index in [-0.39, 0.29) is 6.61 Å². The first-order valence-electron chi connectivity index (χ1n) is 11.6. The van der Waals surface area contributed by atoms with Crippen LogP contribution in [0, 0.1) is 0 Å². The van der Waals surface area contributed by atoms with Gasteiger partial charge in [0.15, 0.2) is 6.61 Å². The molecule has 0 atom stereocenters. The summed E-state index contributed by atoms with van der Waals surface area (Å²) in [6.45, 7) is -0.200. The number of carbonyl (C=O) groups is 1. The van der Waals surface area contributed by atoms with Gasteiger partial charge in [-0.25, -0.2) is 9.78 Å². The van der Waals surface area contributed by atoms with E-state index < -0.39 is 5.97 Å². The number of pyridine rings is 1. The average molecular weight is 476 g/mol. The van der Waals surface area contributed by atoms with Gasteiger partial charge in [0.2, 0.25) is 0 Å². The van der Waals surface area contributed by atoms with Crippen LogP contribution in [0.3, 0.4) is 0 Å². The van der Waals surface area contributed by atoms with Crippen LogP contribution >= 0.6 is 11.6 Å². The number of rotatable bonds is 7. The lowest BCUT2D eigenvalue weighted by atomic mass is 9.95. The lowest BCUT2D eigenvalue weighted by Gasteiger charge is -2.24. The molecule has 174 valence electrons. The van der Waals surface area contributed by atoms with Crippen molar-refractivity contribution in [1.29, 1.82) is 0 Å². The van der Waals surface area contributed by atoms with Crippen molar-refractivity contribution in [3.8, 4) is 22.8 Å². The highest BCUT2D eigenvalue weighted by molar-refractivity contribution is 6.30. The maximum absolute atomic E-state index is 12.4. The second-order valence-electron chi connectivity index (χ2n) is 8.46. The quantitative estimate of drug-likeness (QED) is 0.248. The van der Waals surface area contributed by atoms with E-state index in [1.165, 1.54) is 19.3 Å². The van der Waals surface area contributed by atoms with Crippen LogP contribution in [0.15, 0.2) is 72.9 Å². The molecule has 2 heterocycles. The van der Waals surface area contributed by atoms with Gasteiger partial charge in [-0.1, -0.05) is 49.1 Å². The molecule has 2 aromatic heterocycles. The molecular weight excluding hydrogens is 450 g/mol. The summed E-state index contributed by atoms with van der Waals surface area (Å²) in [5.74, 6) is 1.49. The van der Waals surface area contributed by atoms with Gasteiger partial charge in [-0.05, 0) is 61.4 Å². The molecule has 1 fully saturated rings. The number of aromatic nitrogens is 2. The minimum absolute atomic E-state index is 0.200. The molecule has 1 aliphatic carbocycles. The molecule has 0 radical (unpaired) electrons. The number of halogens is 1. The fraction of sp³-hybridized carbons (Fsp3) is 0.259. The zero-order valence-electron chi connectivity index (χ0n) is 18.7. The van der Waals surface area contributed by atoms with E-state index in [1.807, 2.05) is 42.6 Å². The largest absolute Gasteiger partial charge is 0.482 e. The highest BCUT2D eigenvalue weighted by Gasteiger charge is 2.20. The van der Waals surface area contributed by atoms with Gasteiger partial charge in [-0.15, -0.1) is 0 Å². The third-order valence-corrected chi connectivity index (χ3v) is 6.24. The molecular formula is C27H26ClN3O3. The van der Waals surface area contributed by atoms with E-state index in [9.17, 15) is 4.79 Å². The second-order valence-corrected chi connectivity index (χ2v) is 8.90. The second kappa shape index (κ2) is 10.2. The number of nitrogens with zero attached hydrogens (tertiary/aromatic N) is 2. The Kier molecular flexibility index (Phi) is 6.67. The number of hydrogen-bond acceptors (Lipinski definition) is 5. The van der Waals surface area contributed by atoms with Gasteiger partial charge in [0.05, 0.1) is 0 Å². The molecule has 0 spiro atoms. The fourth-order valence-corrected chi connectivity index (χ4v) is 4.44. The molecule has 1 saturated carbocycles. The summed E-state index contributed by atoms with van der Waals surface area (Å²) in [5, 5.41) is 4.34. The van der Waals surface area contributed by atoms with E-state index >= 15 is 0 Å². The first kappa shape index (κ1) is 22.3. The predicted octanol–water partition coefficient (Wildman–Crippen LogP) is 6.38. The van der Waals surface area contributed by atoms with Crippen LogP contribution in [0.25, 0.3) is 16.9 Å². The van der Waals surface area contributed by atoms with Gasteiger partial charge in [0.25, 0.3) is 0 Å². The number of nitrogens with one attached hydrogen (secondary N) is 1. The molecule has 5 rings (SSSR count). The summed E-state index contributed by atoms with van der Waals surface area (Å²) in [7, 11) is 0. The SMILES string of the molecule is O=C(COc1ccc(Cl)cc1)Oc1cccc(-c2nc3ccccn3c2NC2CCCCC2)c1. The zero-order valence-corrected chi connectivity index (χ0v) is 19.5. The Morgan fingerprint density at radius 1 is 1.00 bits per heavy atom. The van der Waals surface area contributed by atoms with Gasteiger partial charge < -0.3 is 14.8 Å². The number of ether oxygens (including phenoxy) is 2. The van der Waals surface area contributed by atoms with Crippen molar-refractivity contribution in [2.75, 3.05) is 11.9 Å². The van der Waals surface area contributed by atoms with Crippen molar-refractivity contribution in [1.82, 2.24) is 9.38 Å². The molecule has 7 heteroatoms. The highest BCUT2D eigenvalue weighted by Crippen LogP contribution is 2.33. The molecule has 34 heavy (non-hydrogen) atoms. The van der Waals surface area contributed by atoms with E-state index in [0.29, 0.717) is 22.6 Å². The summed E-state index contributed by atoms with van der Waals surface area (Å²) in [5.41, 5.74) is 2.59. The minimum Gasteiger partial charge on any atom is -0.482 e. The van der Waals surface area contributed by atoms with Crippen molar-refractivity contribution >= 4 is 29.0 Å². The first-order valence-corrected chi connectivity index (χ1v) is 12.0. The Bertz CT molecular complexity index is 1280. The van der Waals surface area contributed by atoms with Gasteiger partial charge in [-0.2, -0.15) is 0 Å². The number of benzene rings is 2. The van der Waals surface area contributed by atoms with Crippen molar-refractivity contribution < 1.29 is 14.3 Å². The Hall–Kier alpha value is -3.51. The van der Waals surface area contributed by atoms with E-state index in [1.54, 1.807) is 30.3 Å². The van der Waals surface area contributed by atoms with E-state index in [4.69, 9.17) is 26.1 Å². The highest BCUT2D eigenvalue weighted by atomic mass is 35.5. The summed E-state index contributed by atoms with van der Waals surface area (Å²) in [6, 6.07) is 20.7.